The summed E-state index contributed by atoms with van der Waals surface area (Å²) in [5, 5.41) is -0.430. The average Bonchev–Trinajstić information content (AvgIpc) is 4.13. The zero-order valence-electron chi connectivity index (χ0n) is 32.2. The zero-order chi connectivity index (χ0) is 38.7. The van der Waals surface area contributed by atoms with E-state index in [1.54, 1.807) is 12.4 Å². The molecule has 0 saturated heterocycles. The normalized spacial score (nSPS) is 21.2. The summed E-state index contributed by atoms with van der Waals surface area (Å²) in [5.41, 5.74) is 7.57. The first-order valence-electron chi connectivity index (χ1n) is 20.1. The molecular weight excluding hydrogens is 730 g/mol. The summed E-state index contributed by atoms with van der Waals surface area (Å²) in [6, 6.07) is 51.7. The van der Waals surface area contributed by atoms with Crippen LogP contribution in [0.25, 0.3) is 0 Å². The highest BCUT2D eigenvalue weighted by Crippen LogP contribution is 2.42. The summed E-state index contributed by atoms with van der Waals surface area (Å²) in [4.78, 5) is 4.52. The summed E-state index contributed by atoms with van der Waals surface area (Å²) in [5.74, 6) is 1.20. The average molecular weight is 780 g/mol. The van der Waals surface area contributed by atoms with Gasteiger partial charge in [0.15, 0.2) is 0 Å². The monoisotopic (exact) mass is 779 g/mol. The van der Waals surface area contributed by atoms with Crippen LogP contribution in [0.4, 0.5) is 0 Å². The van der Waals surface area contributed by atoms with E-state index in [9.17, 15) is 0 Å². The fourth-order valence-corrected chi connectivity index (χ4v) is 8.06. The van der Waals surface area contributed by atoms with Crippen LogP contribution < -0.4 is 4.74 Å². The van der Waals surface area contributed by atoms with E-state index >= 15 is 0 Å². The molecule has 1 aromatic heterocycles. The van der Waals surface area contributed by atoms with E-state index in [0.717, 1.165) is 33.4 Å². The van der Waals surface area contributed by atoms with Crippen molar-refractivity contribution >= 4 is 11.6 Å². The van der Waals surface area contributed by atoms with Crippen molar-refractivity contribution in [1.29, 1.82) is 0 Å². The lowest BCUT2D eigenvalue weighted by molar-refractivity contribution is -0.220. The molecule has 1 unspecified atom stereocenters. The van der Waals surface area contributed by atoms with Gasteiger partial charge in [-0.05, 0) is 64.6 Å². The van der Waals surface area contributed by atoms with Crippen LogP contribution in [0, 0.1) is 5.92 Å². The van der Waals surface area contributed by atoms with Crippen molar-refractivity contribution < 1.29 is 23.7 Å². The van der Waals surface area contributed by atoms with Crippen molar-refractivity contribution in [2.75, 3.05) is 6.61 Å². The molecule has 6 atom stereocenters. The molecule has 2 saturated carbocycles. The lowest BCUT2D eigenvalue weighted by Gasteiger charge is -2.46. The van der Waals surface area contributed by atoms with Gasteiger partial charge in [-0.15, -0.1) is 11.6 Å². The van der Waals surface area contributed by atoms with Crippen LogP contribution >= 0.6 is 11.6 Å². The summed E-state index contributed by atoms with van der Waals surface area (Å²) >= 11 is 7.30. The van der Waals surface area contributed by atoms with Gasteiger partial charge in [0.2, 0.25) is 0 Å². The Morgan fingerprint density at radius 3 is 1.61 bits per heavy atom. The molecule has 6 nitrogen and oxygen atoms in total. The lowest BCUT2D eigenvalue weighted by Crippen LogP contribution is -2.59. The van der Waals surface area contributed by atoms with Crippen molar-refractivity contribution in [2.24, 2.45) is 5.92 Å². The smallest absolute Gasteiger partial charge is 0.143 e. The second-order valence-corrected chi connectivity index (χ2v) is 15.6. The van der Waals surface area contributed by atoms with Crippen LogP contribution in [0.15, 0.2) is 164 Å². The molecule has 7 heteroatoms. The fraction of sp³-hybridized carbons (Fsp3) is 0.300. The number of hydrogen-bond acceptors (Lipinski definition) is 6. The number of alkyl halides is 1. The van der Waals surface area contributed by atoms with E-state index in [0.29, 0.717) is 51.1 Å². The van der Waals surface area contributed by atoms with Crippen molar-refractivity contribution in [3.05, 3.63) is 203 Å². The number of aromatic nitrogens is 1. The lowest BCUT2D eigenvalue weighted by atomic mass is 9.80. The largest absolute Gasteiger partial charge is 0.486 e. The van der Waals surface area contributed by atoms with Gasteiger partial charge in [0.25, 0.3) is 0 Å². The van der Waals surface area contributed by atoms with Gasteiger partial charge < -0.3 is 23.7 Å². The van der Waals surface area contributed by atoms with Crippen LogP contribution in [0.5, 0.6) is 5.75 Å². The second kappa shape index (κ2) is 19.6. The Bertz CT molecular complexity index is 2080. The van der Waals surface area contributed by atoms with Gasteiger partial charge in [-0.3, -0.25) is 4.98 Å². The molecule has 8 rings (SSSR count). The van der Waals surface area contributed by atoms with E-state index in [-0.39, 0.29) is 12.0 Å². The van der Waals surface area contributed by atoms with Gasteiger partial charge in [0.1, 0.15) is 24.1 Å². The summed E-state index contributed by atoms with van der Waals surface area (Å²) in [7, 11) is 0. The Kier molecular flexibility index (Phi) is 13.4. The molecule has 5 aromatic carbocycles. The first kappa shape index (κ1) is 39.0. The number of ether oxygens (including phenoxy) is 5. The highest BCUT2D eigenvalue weighted by atomic mass is 35.5. The van der Waals surface area contributed by atoms with Crippen molar-refractivity contribution in [2.45, 2.75) is 81.4 Å². The molecule has 2 aliphatic carbocycles. The first-order chi connectivity index (χ1) is 28.2. The molecule has 0 spiro atoms. The van der Waals surface area contributed by atoms with Crippen LogP contribution in [0.2, 0.25) is 0 Å². The third-order valence-electron chi connectivity index (χ3n) is 11.0. The second-order valence-electron chi connectivity index (χ2n) is 15.2. The number of rotatable bonds is 18. The maximum Gasteiger partial charge on any atom is 0.143 e. The van der Waals surface area contributed by atoms with Crippen LogP contribution in [0.1, 0.15) is 69.5 Å². The molecule has 6 aromatic rings. The highest BCUT2D eigenvalue weighted by molar-refractivity contribution is 6.22. The topological polar surface area (TPSA) is 59.0 Å². The molecule has 0 bridgehead atoms. The van der Waals surface area contributed by atoms with Gasteiger partial charge in [0.05, 0.1) is 50.7 Å². The molecule has 1 heterocycles. The molecular formula is C50H50ClNO5. The van der Waals surface area contributed by atoms with E-state index in [1.807, 2.05) is 78.9 Å². The van der Waals surface area contributed by atoms with Gasteiger partial charge in [0, 0.05) is 17.7 Å². The SMILES string of the molecule is ClC(c1ccc(C2CC2)cc1)c1ccncc1O[C@@H]1C[C@H](COCc2ccccc2)[C@@H](OCc2ccccc2)[C@@H](OCc2ccccc2)[C@H]1OCc1ccccc1. The minimum absolute atomic E-state index is 0.0957. The molecule has 0 radical (unpaired) electrons. The van der Waals surface area contributed by atoms with Crippen molar-refractivity contribution in [3.63, 3.8) is 0 Å². The molecule has 2 fully saturated rings. The number of nitrogens with zero attached hydrogens (tertiary/aromatic N) is 1. The number of hydrogen-bond donors (Lipinski definition) is 0. The van der Waals surface area contributed by atoms with E-state index < -0.39 is 23.7 Å². The molecule has 2 aliphatic rings. The number of pyridine rings is 1. The molecule has 0 N–H and O–H groups in total. The standard InChI is InChI=1S/C50H50ClNO5/c51-47(42-25-23-41(24-26-42)40-21-22-40)44-27-28-52-30-46(44)57-45-29-43(35-53-31-36-13-5-1-6-14-36)48(54-32-37-15-7-2-8-16-37)50(56-34-39-19-11-4-12-20-39)49(45)55-33-38-17-9-3-10-18-38/h1-20,23-28,30,40,43,45,47-50H,21-22,29,31-35H2/t43-,45-,47?,48-,49+,50-/m1/s1. The molecule has 57 heavy (non-hydrogen) atoms. The molecule has 0 amide bonds. The molecule has 292 valence electrons. The van der Waals surface area contributed by atoms with E-state index in [1.165, 1.54) is 18.4 Å². The van der Waals surface area contributed by atoms with Gasteiger partial charge in [-0.1, -0.05) is 146 Å². The van der Waals surface area contributed by atoms with Crippen molar-refractivity contribution in [3.8, 4) is 5.75 Å². The number of benzene rings is 5. The Morgan fingerprint density at radius 1 is 0.561 bits per heavy atom. The Labute approximate surface area is 341 Å². The Balaban J connectivity index is 1.13. The predicted octanol–water partition coefficient (Wildman–Crippen LogP) is 11.0. The van der Waals surface area contributed by atoms with Crippen LogP contribution in [-0.2, 0) is 45.4 Å². The predicted molar refractivity (Wildman–Crippen MR) is 224 cm³/mol. The maximum atomic E-state index is 7.30. The van der Waals surface area contributed by atoms with Crippen LogP contribution in [0.3, 0.4) is 0 Å². The Hall–Kier alpha value is -4.82. The maximum absolute atomic E-state index is 7.30. The fourth-order valence-electron chi connectivity index (χ4n) is 7.73. The summed E-state index contributed by atoms with van der Waals surface area (Å²) in [6.07, 6.45) is 4.82. The highest BCUT2D eigenvalue weighted by Gasteiger charge is 2.49. The van der Waals surface area contributed by atoms with E-state index in [2.05, 4.69) is 77.8 Å². The third-order valence-corrected chi connectivity index (χ3v) is 11.4. The third kappa shape index (κ3) is 10.6. The van der Waals surface area contributed by atoms with Gasteiger partial charge >= 0.3 is 0 Å². The minimum Gasteiger partial charge on any atom is -0.486 e. The van der Waals surface area contributed by atoms with Crippen molar-refractivity contribution in [1.82, 2.24) is 4.98 Å². The summed E-state index contributed by atoms with van der Waals surface area (Å²) < 4.78 is 34.5. The Morgan fingerprint density at radius 2 is 1.07 bits per heavy atom. The molecule has 0 aliphatic heterocycles. The zero-order valence-corrected chi connectivity index (χ0v) is 32.9. The first-order valence-corrected chi connectivity index (χ1v) is 20.5. The van der Waals surface area contributed by atoms with Crippen LogP contribution in [-0.4, -0.2) is 36.0 Å². The van der Waals surface area contributed by atoms with E-state index in [4.69, 9.17) is 35.3 Å². The number of halogens is 1. The minimum atomic E-state index is -0.514. The summed E-state index contributed by atoms with van der Waals surface area (Å²) in [6.45, 7) is 2.10. The van der Waals surface area contributed by atoms with Gasteiger partial charge in [-0.25, -0.2) is 0 Å². The van der Waals surface area contributed by atoms with Gasteiger partial charge in [-0.2, -0.15) is 0 Å². The quantitative estimate of drug-likeness (QED) is 0.0810.